The SMILES string of the molecule is CN1CCC(c2cc(C(=O)Nc3cc4nc(-c5cnco5)ccc4cn3)ccn2)CC1. The molecule has 1 fully saturated rings. The zero-order valence-electron chi connectivity index (χ0n) is 17.2. The lowest BCUT2D eigenvalue weighted by Crippen LogP contribution is -2.29. The van der Waals surface area contributed by atoms with E-state index in [0.717, 1.165) is 37.0 Å². The minimum absolute atomic E-state index is 0.213. The molecule has 0 aliphatic carbocycles. The van der Waals surface area contributed by atoms with Gasteiger partial charge in [0, 0.05) is 41.0 Å². The summed E-state index contributed by atoms with van der Waals surface area (Å²) in [6.45, 7) is 2.10. The van der Waals surface area contributed by atoms with Crippen molar-refractivity contribution in [2.24, 2.45) is 0 Å². The molecule has 1 aliphatic heterocycles. The van der Waals surface area contributed by atoms with E-state index in [1.807, 2.05) is 18.2 Å². The number of pyridine rings is 3. The molecule has 0 bridgehead atoms. The van der Waals surface area contributed by atoms with E-state index in [4.69, 9.17) is 4.42 Å². The van der Waals surface area contributed by atoms with Crippen LogP contribution in [-0.2, 0) is 0 Å². The van der Waals surface area contributed by atoms with E-state index in [1.165, 1.54) is 6.39 Å². The van der Waals surface area contributed by atoms with Crippen molar-refractivity contribution < 1.29 is 9.21 Å². The van der Waals surface area contributed by atoms with Gasteiger partial charge in [0.1, 0.15) is 11.5 Å². The summed E-state index contributed by atoms with van der Waals surface area (Å²) >= 11 is 0. The van der Waals surface area contributed by atoms with Crippen molar-refractivity contribution in [1.29, 1.82) is 0 Å². The first-order valence-corrected chi connectivity index (χ1v) is 10.3. The third-order valence-electron chi connectivity index (χ3n) is 5.68. The lowest BCUT2D eigenvalue weighted by Gasteiger charge is -2.28. The molecule has 0 radical (unpaired) electrons. The van der Waals surface area contributed by atoms with Crippen molar-refractivity contribution in [3.63, 3.8) is 0 Å². The van der Waals surface area contributed by atoms with E-state index in [0.29, 0.717) is 34.3 Å². The standard InChI is InChI=1S/C23H22N6O2/c1-29-8-5-15(6-9-29)19-10-16(4-7-25-19)23(30)28-22-11-20-17(12-26-22)2-3-18(27-20)21-13-24-14-31-21/h2-4,7,10-15H,5-6,8-9H2,1H3,(H,26,28,30). The monoisotopic (exact) mass is 414 g/mol. The minimum atomic E-state index is -0.213. The fourth-order valence-corrected chi connectivity index (χ4v) is 3.87. The average molecular weight is 414 g/mol. The second-order valence-corrected chi connectivity index (χ2v) is 7.83. The molecule has 5 rings (SSSR count). The molecule has 4 aromatic rings. The maximum absolute atomic E-state index is 12.9. The van der Waals surface area contributed by atoms with Gasteiger partial charge in [0.2, 0.25) is 0 Å². The first-order chi connectivity index (χ1) is 15.2. The number of fused-ring (bicyclic) bond motifs is 1. The maximum Gasteiger partial charge on any atom is 0.256 e. The van der Waals surface area contributed by atoms with E-state index < -0.39 is 0 Å². The van der Waals surface area contributed by atoms with Gasteiger partial charge >= 0.3 is 0 Å². The lowest BCUT2D eigenvalue weighted by molar-refractivity contribution is 0.102. The van der Waals surface area contributed by atoms with Crippen LogP contribution in [0.15, 0.2) is 59.7 Å². The van der Waals surface area contributed by atoms with E-state index in [1.54, 1.807) is 30.7 Å². The predicted molar refractivity (Wildman–Crippen MR) is 117 cm³/mol. The number of anilines is 1. The van der Waals surface area contributed by atoms with Gasteiger partial charge in [-0.2, -0.15) is 0 Å². The van der Waals surface area contributed by atoms with E-state index >= 15 is 0 Å². The van der Waals surface area contributed by atoms with Crippen molar-refractivity contribution in [2.75, 3.05) is 25.5 Å². The Morgan fingerprint density at radius 3 is 2.81 bits per heavy atom. The second-order valence-electron chi connectivity index (χ2n) is 7.83. The molecule has 8 nitrogen and oxygen atoms in total. The zero-order chi connectivity index (χ0) is 21.2. The summed E-state index contributed by atoms with van der Waals surface area (Å²) < 4.78 is 5.32. The highest BCUT2D eigenvalue weighted by Crippen LogP contribution is 2.27. The van der Waals surface area contributed by atoms with Gasteiger partial charge in [-0.15, -0.1) is 0 Å². The van der Waals surface area contributed by atoms with Gasteiger partial charge in [-0.3, -0.25) is 9.78 Å². The van der Waals surface area contributed by atoms with Gasteiger partial charge in [-0.05, 0) is 57.2 Å². The summed E-state index contributed by atoms with van der Waals surface area (Å²) in [4.78, 5) is 32.6. The number of amides is 1. The quantitative estimate of drug-likeness (QED) is 0.543. The molecule has 4 aromatic heterocycles. The lowest BCUT2D eigenvalue weighted by atomic mass is 9.92. The number of carbonyl (C=O) groups excluding carboxylic acids is 1. The third kappa shape index (κ3) is 4.15. The van der Waals surface area contributed by atoms with Gasteiger partial charge in [0.15, 0.2) is 12.2 Å². The van der Waals surface area contributed by atoms with Gasteiger partial charge in [0.25, 0.3) is 5.91 Å². The van der Waals surface area contributed by atoms with Gasteiger partial charge in [-0.25, -0.2) is 15.0 Å². The molecule has 1 aliphatic rings. The van der Waals surface area contributed by atoms with Crippen LogP contribution in [0.25, 0.3) is 22.4 Å². The third-order valence-corrected chi connectivity index (χ3v) is 5.68. The zero-order valence-corrected chi connectivity index (χ0v) is 17.2. The molecule has 0 saturated carbocycles. The van der Waals surface area contributed by atoms with Crippen molar-refractivity contribution in [3.05, 3.63) is 66.6 Å². The smallest absolute Gasteiger partial charge is 0.256 e. The summed E-state index contributed by atoms with van der Waals surface area (Å²) in [6, 6.07) is 9.15. The summed E-state index contributed by atoms with van der Waals surface area (Å²) in [5, 5.41) is 3.75. The van der Waals surface area contributed by atoms with E-state index in [9.17, 15) is 4.79 Å². The first-order valence-electron chi connectivity index (χ1n) is 10.3. The molecule has 0 atom stereocenters. The molecular formula is C23H22N6O2. The first kappa shape index (κ1) is 19.3. The molecule has 31 heavy (non-hydrogen) atoms. The summed E-state index contributed by atoms with van der Waals surface area (Å²) in [6.07, 6.45) is 8.50. The number of hydrogen-bond acceptors (Lipinski definition) is 7. The van der Waals surface area contributed by atoms with Gasteiger partial charge in [-0.1, -0.05) is 0 Å². The molecule has 1 N–H and O–H groups in total. The molecule has 5 heterocycles. The van der Waals surface area contributed by atoms with Gasteiger partial charge < -0.3 is 14.6 Å². The number of oxazole rings is 1. The number of carbonyl (C=O) groups is 1. The molecule has 0 aromatic carbocycles. The molecular weight excluding hydrogens is 392 g/mol. The normalized spacial score (nSPS) is 15.3. The summed E-state index contributed by atoms with van der Waals surface area (Å²) in [5.41, 5.74) is 2.94. The molecule has 8 heteroatoms. The van der Waals surface area contributed by atoms with E-state index in [2.05, 4.69) is 37.2 Å². The molecule has 156 valence electrons. The maximum atomic E-state index is 12.9. The molecule has 0 spiro atoms. The van der Waals surface area contributed by atoms with Crippen LogP contribution in [0, 0.1) is 0 Å². The number of rotatable bonds is 4. The van der Waals surface area contributed by atoms with Crippen LogP contribution in [0.1, 0.15) is 34.8 Å². The van der Waals surface area contributed by atoms with Gasteiger partial charge in [0.05, 0.1) is 11.7 Å². The van der Waals surface area contributed by atoms with Crippen LogP contribution < -0.4 is 5.32 Å². The Bertz CT molecular complexity index is 1220. The Kier molecular flexibility index (Phi) is 5.13. The fraction of sp³-hybridized carbons (Fsp3) is 0.261. The highest BCUT2D eigenvalue weighted by atomic mass is 16.3. The van der Waals surface area contributed by atoms with Crippen LogP contribution in [-0.4, -0.2) is 50.9 Å². The van der Waals surface area contributed by atoms with Crippen molar-refractivity contribution in [2.45, 2.75) is 18.8 Å². The van der Waals surface area contributed by atoms with Crippen molar-refractivity contribution >= 4 is 22.6 Å². The highest BCUT2D eigenvalue weighted by Gasteiger charge is 2.20. The largest absolute Gasteiger partial charge is 0.442 e. The summed E-state index contributed by atoms with van der Waals surface area (Å²) in [5.74, 6) is 1.20. The van der Waals surface area contributed by atoms with Crippen LogP contribution >= 0.6 is 0 Å². The van der Waals surface area contributed by atoms with Crippen LogP contribution in [0.2, 0.25) is 0 Å². The predicted octanol–water partition coefficient (Wildman–Crippen LogP) is 3.74. The van der Waals surface area contributed by atoms with Crippen molar-refractivity contribution in [3.8, 4) is 11.5 Å². The van der Waals surface area contributed by atoms with Crippen LogP contribution in [0.4, 0.5) is 5.82 Å². The Morgan fingerprint density at radius 1 is 1.13 bits per heavy atom. The summed E-state index contributed by atoms with van der Waals surface area (Å²) in [7, 11) is 2.13. The number of piperidine rings is 1. The Morgan fingerprint density at radius 2 is 2.00 bits per heavy atom. The molecule has 1 amide bonds. The fourth-order valence-electron chi connectivity index (χ4n) is 3.87. The Hall–Kier alpha value is -3.65. The highest BCUT2D eigenvalue weighted by molar-refractivity contribution is 6.04. The second kappa shape index (κ2) is 8.23. The van der Waals surface area contributed by atoms with Crippen LogP contribution in [0.3, 0.4) is 0 Å². The number of nitrogens with zero attached hydrogens (tertiary/aromatic N) is 5. The molecule has 1 saturated heterocycles. The minimum Gasteiger partial charge on any atom is -0.442 e. The molecule has 0 unspecified atom stereocenters. The number of likely N-dealkylation sites (tertiary alicyclic amines) is 1. The average Bonchev–Trinajstić information content (AvgIpc) is 3.34. The number of hydrogen-bond donors (Lipinski definition) is 1. The van der Waals surface area contributed by atoms with Crippen molar-refractivity contribution in [1.82, 2.24) is 24.8 Å². The van der Waals surface area contributed by atoms with Crippen LogP contribution in [0.5, 0.6) is 0 Å². The van der Waals surface area contributed by atoms with E-state index in [-0.39, 0.29) is 5.91 Å². The number of aromatic nitrogens is 4. The number of nitrogens with one attached hydrogen (secondary N) is 1. The Balaban J connectivity index is 1.35. The Labute approximate surface area is 179 Å². The topological polar surface area (TPSA) is 97.0 Å².